The highest BCUT2D eigenvalue weighted by molar-refractivity contribution is 5.98. The highest BCUT2D eigenvalue weighted by Gasteiger charge is 2.25. The lowest BCUT2D eigenvalue weighted by Gasteiger charge is -2.18. The summed E-state index contributed by atoms with van der Waals surface area (Å²) in [5.74, 6) is -3.47. The van der Waals surface area contributed by atoms with E-state index < -0.39 is 23.6 Å². The third-order valence-electron chi connectivity index (χ3n) is 4.50. The zero-order valence-corrected chi connectivity index (χ0v) is 14.5. The number of amides is 2. The van der Waals surface area contributed by atoms with Gasteiger partial charge in [0.15, 0.2) is 0 Å². The standard InChI is InChI=1S/C20H19FN2O4/c21-16-9-8-14(23-10-4-7-19(23)25)11-17(16)22-18(24)12-15(20(26)27)13-5-2-1-3-6-13/h1-3,5-6,8-9,11,15H,4,7,10,12H2,(H,22,24)(H,26,27)/t15-/m0/s1. The maximum Gasteiger partial charge on any atom is 0.311 e. The van der Waals surface area contributed by atoms with E-state index in [1.54, 1.807) is 35.2 Å². The fraction of sp³-hybridized carbons (Fsp3) is 0.250. The summed E-state index contributed by atoms with van der Waals surface area (Å²) in [6.07, 6.45) is 0.845. The second-order valence-electron chi connectivity index (χ2n) is 6.37. The van der Waals surface area contributed by atoms with Crippen molar-refractivity contribution in [3.8, 4) is 0 Å². The fourth-order valence-electron chi connectivity index (χ4n) is 3.12. The molecule has 1 saturated heterocycles. The van der Waals surface area contributed by atoms with Crippen LogP contribution in [-0.2, 0) is 14.4 Å². The first-order chi connectivity index (χ1) is 13.0. The van der Waals surface area contributed by atoms with Crippen molar-refractivity contribution < 1.29 is 23.9 Å². The predicted octanol–water partition coefficient (Wildman–Crippen LogP) is 3.15. The molecule has 2 aromatic carbocycles. The number of carbonyl (C=O) groups is 3. The number of rotatable bonds is 6. The number of hydrogen-bond donors (Lipinski definition) is 2. The number of carboxylic acid groups (broad SMARTS) is 1. The zero-order valence-electron chi connectivity index (χ0n) is 14.5. The van der Waals surface area contributed by atoms with Crippen LogP contribution in [0.4, 0.5) is 15.8 Å². The summed E-state index contributed by atoms with van der Waals surface area (Å²) in [4.78, 5) is 37.2. The topological polar surface area (TPSA) is 86.7 Å². The lowest BCUT2D eigenvalue weighted by Crippen LogP contribution is -2.24. The van der Waals surface area contributed by atoms with Crippen LogP contribution >= 0.6 is 0 Å². The molecule has 0 aliphatic carbocycles. The van der Waals surface area contributed by atoms with Gasteiger partial charge in [-0.2, -0.15) is 0 Å². The number of aliphatic carboxylic acids is 1. The molecule has 2 aromatic rings. The molecule has 0 spiro atoms. The molecule has 3 rings (SSSR count). The summed E-state index contributed by atoms with van der Waals surface area (Å²) in [7, 11) is 0. The minimum absolute atomic E-state index is 0.0473. The van der Waals surface area contributed by atoms with E-state index in [0.29, 0.717) is 24.2 Å². The molecule has 7 heteroatoms. The Balaban J connectivity index is 1.75. The van der Waals surface area contributed by atoms with Crippen LogP contribution in [0.15, 0.2) is 48.5 Å². The number of carbonyl (C=O) groups excluding carboxylic acids is 2. The van der Waals surface area contributed by atoms with Crippen molar-refractivity contribution in [1.82, 2.24) is 0 Å². The van der Waals surface area contributed by atoms with Gasteiger partial charge in [0, 0.05) is 25.1 Å². The number of carboxylic acids is 1. The summed E-state index contributed by atoms with van der Waals surface area (Å²) in [5.41, 5.74) is 0.929. The molecule has 0 radical (unpaired) electrons. The molecule has 2 amide bonds. The summed E-state index contributed by atoms with van der Waals surface area (Å²) < 4.78 is 14.1. The Bertz CT molecular complexity index is 870. The molecule has 1 fully saturated rings. The van der Waals surface area contributed by atoms with Crippen molar-refractivity contribution in [2.75, 3.05) is 16.8 Å². The van der Waals surface area contributed by atoms with Crippen LogP contribution in [-0.4, -0.2) is 29.4 Å². The molecule has 0 aromatic heterocycles. The number of nitrogens with zero attached hydrogens (tertiary/aromatic N) is 1. The molecule has 0 saturated carbocycles. The third kappa shape index (κ3) is 4.31. The molecular weight excluding hydrogens is 351 g/mol. The first-order valence-electron chi connectivity index (χ1n) is 8.63. The Kier molecular flexibility index (Phi) is 5.49. The van der Waals surface area contributed by atoms with Gasteiger partial charge < -0.3 is 15.3 Å². The van der Waals surface area contributed by atoms with Crippen LogP contribution < -0.4 is 10.2 Å². The number of hydrogen-bond acceptors (Lipinski definition) is 3. The van der Waals surface area contributed by atoms with Crippen molar-refractivity contribution in [1.29, 1.82) is 0 Å². The maximum atomic E-state index is 14.1. The number of anilines is 2. The van der Waals surface area contributed by atoms with Crippen LogP contribution in [0.1, 0.15) is 30.7 Å². The maximum absolute atomic E-state index is 14.1. The molecule has 0 bridgehead atoms. The number of nitrogens with one attached hydrogen (secondary N) is 1. The molecule has 1 atom stereocenters. The Morgan fingerprint density at radius 3 is 2.56 bits per heavy atom. The number of halogens is 1. The van der Waals surface area contributed by atoms with E-state index in [1.807, 2.05) is 0 Å². The molecule has 1 aliphatic rings. The van der Waals surface area contributed by atoms with Gasteiger partial charge in [0.25, 0.3) is 0 Å². The van der Waals surface area contributed by atoms with Gasteiger partial charge in [-0.3, -0.25) is 14.4 Å². The monoisotopic (exact) mass is 370 g/mol. The van der Waals surface area contributed by atoms with Gasteiger partial charge in [0.2, 0.25) is 11.8 Å². The van der Waals surface area contributed by atoms with Crippen LogP contribution in [0.2, 0.25) is 0 Å². The molecule has 2 N–H and O–H groups in total. The van der Waals surface area contributed by atoms with E-state index in [0.717, 1.165) is 6.42 Å². The molecular formula is C20H19FN2O4. The molecule has 140 valence electrons. The van der Waals surface area contributed by atoms with Gasteiger partial charge in [-0.05, 0) is 30.2 Å². The normalized spacial score (nSPS) is 14.9. The largest absolute Gasteiger partial charge is 0.481 e. The predicted molar refractivity (Wildman–Crippen MR) is 98.1 cm³/mol. The van der Waals surface area contributed by atoms with E-state index in [1.165, 1.54) is 18.2 Å². The van der Waals surface area contributed by atoms with Crippen LogP contribution in [0.25, 0.3) is 0 Å². The second kappa shape index (κ2) is 7.99. The summed E-state index contributed by atoms with van der Waals surface area (Å²) >= 11 is 0. The van der Waals surface area contributed by atoms with E-state index in [4.69, 9.17) is 0 Å². The highest BCUT2D eigenvalue weighted by atomic mass is 19.1. The Morgan fingerprint density at radius 2 is 1.93 bits per heavy atom. The third-order valence-corrected chi connectivity index (χ3v) is 4.50. The van der Waals surface area contributed by atoms with E-state index >= 15 is 0 Å². The smallest absolute Gasteiger partial charge is 0.311 e. The number of benzene rings is 2. The fourth-order valence-corrected chi connectivity index (χ4v) is 3.12. The van der Waals surface area contributed by atoms with Crippen molar-refractivity contribution in [3.63, 3.8) is 0 Å². The van der Waals surface area contributed by atoms with Crippen molar-refractivity contribution in [3.05, 3.63) is 59.9 Å². The van der Waals surface area contributed by atoms with Crippen molar-refractivity contribution >= 4 is 29.2 Å². The SMILES string of the molecule is O=C(C[C@H](C(=O)O)c1ccccc1)Nc1cc(N2CCCC2=O)ccc1F. The van der Waals surface area contributed by atoms with Crippen LogP contribution in [0, 0.1) is 5.82 Å². The molecule has 27 heavy (non-hydrogen) atoms. The lowest BCUT2D eigenvalue weighted by molar-refractivity contribution is -0.140. The van der Waals surface area contributed by atoms with Crippen molar-refractivity contribution in [2.24, 2.45) is 0 Å². The van der Waals surface area contributed by atoms with Gasteiger partial charge in [0.1, 0.15) is 5.82 Å². The Labute approximate surface area is 155 Å². The average molecular weight is 370 g/mol. The zero-order chi connectivity index (χ0) is 19.4. The van der Waals surface area contributed by atoms with E-state index in [9.17, 15) is 23.9 Å². The Hall–Kier alpha value is -3.22. The first-order valence-corrected chi connectivity index (χ1v) is 8.63. The van der Waals surface area contributed by atoms with Gasteiger partial charge in [0.05, 0.1) is 11.6 Å². The van der Waals surface area contributed by atoms with Gasteiger partial charge in [-0.15, -0.1) is 0 Å². The molecule has 6 nitrogen and oxygen atoms in total. The second-order valence-corrected chi connectivity index (χ2v) is 6.37. The first kappa shape index (κ1) is 18.6. The summed E-state index contributed by atoms with van der Waals surface area (Å²) in [6, 6.07) is 12.5. The quantitative estimate of drug-likeness (QED) is 0.818. The molecule has 1 heterocycles. The summed E-state index contributed by atoms with van der Waals surface area (Å²) in [5, 5.41) is 11.8. The van der Waals surface area contributed by atoms with E-state index in [2.05, 4.69) is 5.32 Å². The van der Waals surface area contributed by atoms with Crippen LogP contribution in [0.5, 0.6) is 0 Å². The van der Waals surface area contributed by atoms with Crippen LogP contribution in [0.3, 0.4) is 0 Å². The van der Waals surface area contributed by atoms with Gasteiger partial charge >= 0.3 is 5.97 Å². The highest BCUT2D eigenvalue weighted by Crippen LogP contribution is 2.27. The lowest BCUT2D eigenvalue weighted by atomic mass is 9.95. The Morgan fingerprint density at radius 1 is 1.19 bits per heavy atom. The molecule has 1 aliphatic heterocycles. The van der Waals surface area contributed by atoms with Gasteiger partial charge in [-0.1, -0.05) is 30.3 Å². The van der Waals surface area contributed by atoms with E-state index in [-0.39, 0.29) is 18.0 Å². The van der Waals surface area contributed by atoms with Crippen molar-refractivity contribution in [2.45, 2.75) is 25.2 Å². The molecule has 0 unspecified atom stereocenters. The minimum atomic E-state index is -1.13. The average Bonchev–Trinajstić information content (AvgIpc) is 3.08. The van der Waals surface area contributed by atoms with Gasteiger partial charge in [-0.25, -0.2) is 4.39 Å². The summed E-state index contributed by atoms with van der Waals surface area (Å²) in [6.45, 7) is 0.549. The minimum Gasteiger partial charge on any atom is -0.481 e.